The van der Waals surface area contributed by atoms with Crippen LogP contribution in [-0.2, 0) is 16.0 Å². The van der Waals surface area contributed by atoms with E-state index in [4.69, 9.17) is 14.5 Å². The Kier molecular flexibility index (Phi) is 5.16. The zero-order valence-electron chi connectivity index (χ0n) is 15.9. The topological polar surface area (TPSA) is 70.4 Å². The summed E-state index contributed by atoms with van der Waals surface area (Å²) >= 11 is 2.83. The molecule has 146 valence electrons. The van der Waals surface area contributed by atoms with Crippen molar-refractivity contribution in [1.29, 1.82) is 0 Å². The van der Waals surface area contributed by atoms with Gasteiger partial charge in [0.1, 0.15) is 15.8 Å². The second kappa shape index (κ2) is 7.60. The molecule has 3 aromatic rings. The molecule has 28 heavy (non-hydrogen) atoms. The van der Waals surface area contributed by atoms with Gasteiger partial charge in [-0.3, -0.25) is 14.2 Å². The van der Waals surface area contributed by atoms with Gasteiger partial charge in [0.25, 0.3) is 5.56 Å². The van der Waals surface area contributed by atoms with Crippen molar-refractivity contribution in [2.24, 2.45) is 0 Å². The average molecular weight is 417 g/mol. The molecule has 8 heteroatoms. The highest BCUT2D eigenvalue weighted by molar-refractivity contribution is 8.00. The number of rotatable bonds is 5. The fourth-order valence-corrected chi connectivity index (χ4v) is 5.55. The van der Waals surface area contributed by atoms with Crippen molar-refractivity contribution in [3.05, 3.63) is 45.1 Å². The lowest BCUT2D eigenvalue weighted by atomic mass is 10.2. The highest BCUT2D eigenvalue weighted by Crippen LogP contribution is 2.34. The first kappa shape index (κ1) is 19.0. The molecule has 0 bridgehead atoms. The predicted octanol–water partition coefficient (Wildman–Crippen LogP) is 3.73. The quantitative estimate of drug-likeness (QED) is 0.466. The first-order chi connectivity index (χ1) is 13.5. The number of nitrogens with zero attached hydrogens (tertiary/aromatic N) is 2. The van der Waals surface area contributed by atoms with Crippen LogP contribution in [0.4, 0.5) is 0 Å². The van der Waals surface area contributed by atoms with E-state index in [1.54, 1.807) is 29.1 Å². The summed E-state index contributed by atoms with van der Waals surface area (Å²) in [4.78, 5) is 32.2. The van der Waals surface area contributed by atoms with Gasteiger partial charge in [-0.05, 0) is 31.0 Å². The van der Waals surface area contributed by atoms with Gasteiger partial charge in [-0.15, -0.1) is 11.3 Å². The third-order valence-electron chi connectivity index (χ3n) is 4.80. The van der Waals surface area contributed by atoms with E-state index in [0.717, 1.165) is 16.9 Å². The summed E-state index contributed by atoms with van der Waals surface area (Å²) in [6.07, 6.45) is 1.46. The van der Waals surface area contributed by atoms with Gasteiger partial charge in [0.05, 0.1) is 24.8 Å². The molecule has 1 fully saturated rings. The summed E-state index contributed by atoms with van der Waals surface area (Å²) in [6, 6.07) is 7.30. The van der Waals surface area contributed by atoms with Crippen molar-refractivity contribution >= 4 is 39.3 Å². The molecule has 6 nitrogen and oxygen atoms in total. The lowest BCUT2D eigenvalue weighted by Gasteiger charge is -2.14. The van der Waals surface area contributed by atoms with E-state index in [0.29, 0.717) is 39.8 Å². The van der Waals surface area contributed by atoms with Gasteiger partial charge in [-0.2, -0.15) is 0 Å². The van der Waals surface area contributed by atoms with Crippen LogP contribution in [0.2, 0.25) is 0 Å². The van der Waals surface area contributed by atoms with Crippen molar-refractivity contribution in [2.45, 2.75) is 37.1 Å². The molecule has 0 saturated carbocycles. The van der Waals surface area contributed by atoms with Gasteiger partial charge in [-0.1, -0.05) is 24.8 Å². The molecule has 1 atom stereocenters. The zero-order valence-corrected chi connectivity index (χ0v) is 17.5. The molecule has 0 N–H and O–H groups in total. The lowest BCUT2D eigenvalue weighted by molar-refractivity contribution is -0.137. The monoisotopic (exact) mass is 416 g/mol. The molecule has 1 aromatic carbocycles. The van der Waals surface area contributed by atoms with E-state index < -0.39 is 0 Å². The first-order valence-electron chi connectivity index (χ1n) is 9.06. The molecular formula is C20H20N2O4S2. The molecular weight excluding hydrogens is 396 g/mol. The number of esters is 1. The Morgan fingerprint density at radius 3 is 2.89 bits per heavy atom. The van der Waals surface area contributed by atoms with Crippen molar-refractivity contribution in [3.8, 4) is 11.4 Å². The maximum atomic E-state index is 13.5. The smallest absolute Gasteiger partial charge is 0.319 e. The van der Waals surface area contributed by atoms with Crippen molar-refractivity contribution in [2.75, 3.05) is 13.7 Å². The third-order valence-corrected chi connectivity index (χ3v) is 7.33. The molecule has 0 radical (unpaired) electrons. The number of benzene rings is 1. The predicted molar refractivity (Wildman–Crippen MR) is 111 cm³/mol. The molecule has 4 rings (SSSR count). The maximum Gasteiger partial charge on any atom is 0.319 e. The summed E-state index contributed by atoms with van der Waals surface area (Å²) in [6.45, 7) is 4.44. The highest BCUT2D eigenvalue weighted by atomic mass is 32.2. The van der Waals surface area contributed by atoms with E-state index in [1.807, 2.05) is 25.1 Å². The number of aromatic nitrogens is 2. The first-order valence-corrected chi connectivity index (χ1v) is 10.8. The Balaban J connectivity index is 1.96. The Morgan fingerprint density at radius 2 is 2.21 bits per heavy atom. The molecule has 0 spiro atoms. The summed E-state index contributed by atoms with van der Waals surface area (Å²) in [5.41, 5.74) is 1.52. The number of thioether (sulfide) groups is 1. The van der Waals surface area contributed by atoms with Crippen LogP contribution in [0.3, 0.4) is 0 Å². The number of thiophene rings is 1. The van der Waals surface area contributed by atoms with Crippen LogP contribution < -0.4 is 10.3 Å². The van der Waals surface area contributed by atoms with Crippen molar-refractivity contribution in [3.63, 3.8) is 0 Å². The van der Waals surface area contributed by atoms with Gasteiger partial charge in [0, 0.05) is 17.4 Å². The lowest BCUT2D eigenvalue weighted by Crippen LogP contribution is -2.23. The molecule has 0 aliphatic carbocycles. The molecule has 0 amide bonds. The average Bonchev–Trinajstić information content (AvgIpc) is 3.24. The number of ether oxygens (including phenoxy) is 2. The molecule has 1 aliphatic rings. The summed E-state index contributed by atoms with van der Waals surface area (Å²) < 4.78 is 12.0. The second-order valence-corrected chi connectivity index (χ2v) is 8.74. The van der Waals surface area contributed by atoms with Crippen LogP contribution in [0, 0.1) is 6.92 Å². The molecule has 0 unspecified atom stereocenters. The van der Waals surface area contributed by atoms with E-state index in [9.17, 15) is 9.59 Å². The van der Waals surface area contributed by atoms with Gasteiger partial charge in [0.15, 0.2) is 5.16 Å². The van der Waals surface area contributed by atoms with Crippen LogP contribution in [0.15, 0.2) is 34.2 Å². The number of carbonyl (C=O) groups is 1. The normalized spacial score (nSPS) is 16.5. The summed E-state index contributed by atoms with van der Waals surface area (Å²) in [5, 5.41) is 0.787. The summed E-state index contributed by atoms with van der Waals surface area (Å²) in [7, 11) is 1.59. The minimum absolute atomic E-state index is 0.124. The number of cyclic esters (lactones) is 1. The van der Waals surface area contributed by atoms with Crippen molar-refractivity contribution < 1.29 is 14.3 Å². The Hall–Kier alpha value is -2.32. The Labute approximate surface area is 170 Å². The standard InChI is InChI=1S/C20H20N2O4S2/c1-4-14-11(2)16-17(27-14)21-20(28-15-8-9-26-19(15)24)22(18(16)23)12-6-5-7-13(10-12)25-3/h5-7,10,15H,4,8-9H2,1-3H3/t15-/m1/s1. The van der Waals surface area contributed by atoms with E-state index >= 15 is 0 Å². The Morgan fingerprint density at radius 1 is 1.39 bits per heavy atom. The van der Waals surface area contributed by atoms with Crippen LogP contribution in [-0.4, -0.2) is 34.5 Å². The van der Waals surface area contributed by atoms with Crippen LogP contribution in [0.5, 0.6) is 5.75 Å². The van der Waals surface area contributed by atoms with Gasteiger partial charge < -0.3 is 9.47 Å². The fraction of sp³-hybridized carbons (Fsp3) is 0.350. The SMILES string of the molecule is CCc1sc2nc(S[C@@H]3CCOC3=O)n(-c3cccc(OC)c3)c(=O)c2c1C. The van der Waals surface area contributed by atoms with Gasteiger partial charge in [-0.25, -0.2) is 4.98 Å². The number of hydrogen-bond donors (Lipinski definition) is 0. The number of methoxy groups -OCH3 is 1. The summed E-state index contributed by atoms with van der Waals surface area (Å²) in [5.74, 6) is 0.394. The number of hydrogen-bond acceptors (Lipinski definition) is 7. The minimum Gasteiger partial charge on any atom is -0.497 e. The van der Waals surface area contributed by atoms with Gasteiger partial charge >= 0.3 is 5.97 Å². The second-order valence-electron chi connectivity index (χ2n) is 6.48. The van der Waals surface area contributed by atoms with E-state index in [1.165, 1.54) is 11.8 Å². The van der Waals surface area contributed by atoms with Crippen LogP contribution in [0.1, 0.15) is 23.8 Å². The highest BCUT2D eigenvalue weighted by Gasteiger charge is 2.30. The number of aryl methyl sites for hydroxylation is 2. The zero-order chi connectivity index (χ0) is 19.8. The van der Waals surface area contributed by atoms with Crippen LogP contribution >= 0.6 is 23.1 Å². The maximum absolute atomic E-state index is 13.5. The van der Waals surface area contributed by atoms with Crippen molar-refractivity contribution in [1.82, 2.24) is 9.55 Å². The van der Waals surface area contributed by atoms with Gasteiger partial charge in [0.2, 0.25) is 0 Å². The molecule has 1 saturated heterocycles. The van der Waals surface area contributed by atoms with E-state index in [-0.39, 0.29) is 16.8 Å². The largest absolute Gasteiger partial charge is 0.497 e. The number of carbonyl (C=O) groups excluding carboxylic acids is 1. The molecule has 2 aromatic heterocycles. The fourth-order valence-electron chi connectivity index (χ4n) is 3.32. The third kappa shape index (κ3) is 3.20. The molecule has 1 aliphatic heterocycles. The Bertz CT molecular complexity index is 1120. The minimum atomic E-state index is -0.354. The number of fused-ring (bicyclic) bond motifs is 1. The molecule has 3 heterocycles. The van der Waals surface area contributed by atoms with E-state index in [2.05, 4.69) is 6.92 Å². The van der Waals surface area contributed by atoms with Crippen LogP contribution in [0.25, 0.3) is 15.9 Å².